The highest BCUT2D eigenvalue weighted by molar-refractivity contribution is 7.99. The minimum Gasteiger partial charge on any atom is -0.350 e. The minimum atomic E-state index is -4.40. The normalized spacial score (nSPS) is 11.5. The molecule has 1 N–H and O–H groups in total. The molecule has 3 nitrogen and oxygen atoms in total. The van der Waals surface area contributed by atoms with Gasteiger partial charge in [-0.2, -0.15) is 13.2 Å². The van der Waals surface area contributed by atoms with Crippen molar-refractivity contribution in [1.29, 1.82) is 0 Å². The van der Waals surface area contributed by atoms with Crippen LogP contribution in [0.4, 0.5) is 13.2 Å². The highest BCUT2D eigenvalue weighted by atomic mass is 32.2. The third kappa shape index (κ3) is 4.74. The second-order valence-corrected chi connectivity index (χ2v) is 6.47. The molecule has 0 saturated carbocycles. The van der Waals surface area contributed by atoms with Gasteiger partial charge in [0.25, 0.3) is 0 Å². The fraction of sp³-hybridized carbons (Fsp3) is 0.286. The molecule has 22 heavy (non-hydrogen) atoms. The van der Waals surface area contributed by atoms with E-state index in [0.717, 1.165) is 34.5 Å². The zero-order valence-electron chi connectivity index (χ0n) is 11.6. The van der Waals surface area contributed by atoms with Crippen molar-refractivity contribution in [3.63, 3.8) is 0 Å². The molecule has 0 aromatic carbocycles. The van der Waals surface area contributed by atoms with E-state index >= 15 is 0 Å². The summed E-state index contributed by atoms with van der Waals surface area (Å²) in [5, 5.41) is 5.12. The van der Waals surface area contributed by atoms with Gasteiger partial charge in [0.1, 0.15) is 0 Å². The van der Waals surface area contributed by atoms with E-state index in [2.05, 4.69) is 10.3 Å². The van der Waals surface area contributed by atoms with Crippen molar-refractivity contribution in [3.8, 4) is 0 Å². The van der Waals surface area contributed by atoms with Gasteiger partial charge in [0.2, 0.25) is 5.91 Å². The van der Waals surface area contributed by atoms with Crippen molar-refractivity contribution in [2.75, 3.05) is 5.75 Å². The Balaban J connectivity index is 1.80. The molecule has 0 aliphatic carbocycles. The number of alkyl halides is 3. The molecule has 0 fully saturated rings. The largest absolute Gasteiger partial charge is 0.417 e. The smallest absolute Gasteiger partial charge is 0.350 e. The molecule has 0 spiro atoms. The predicted octanol–water partition coefficient (Wildman–Crippen LogP) is 3.88. The number of aromatic nitrogens is 1. The maximum Gasteiger partial charge on any atom is 0.417 e. The molecule has 0 saturated heterocycles. The molecule has 0 aliphatic heterocycles. The first kappa shape index (κ1) is 16.8. The zero-order valence-corrected chi connectivity index (χ0v) is 13.2. The summed E-state index contributed by atoms with van der Waals surface area (Å²) in [6.45, 7) is 2.43. The number of hydrogen-bond donors (Lipinski definition) is 1. The standard InChI is InChI=1S/C14H13F3N2OS2/c1-9-4-5-21-11(9)7-18-12(20)8-22-13-3-2-10(6-19-13)14(15,16)17/h2-6H,7-8H2,1H3,(H,18,20). The Morgan fingerprint density at radius 3 is 2.68 bits per heavy atom. The molecule has 2 heterocycles. The fourth-order valence-electron chi connectivity index (χ4n) is 1.59. The van der Waals surface area contributed by atoms with Crippen LogP contribution in [0.1, 0.15) is 16.0 Å². The number of halogens is 3. The van der Waals surface area contributed by atoms with Crippen molar-refractivity contribution in [3.05, 3.63) is 45.8 Å². The summed E-state index contributed by atoms with van der Waals surface area (Å²) in [6, 6.07) is 4.21. The number of carbonyl (C=O) groups excluding carboxylic acids is 1. The monoisotopic (exact) mass is 346 g/mol. The van der Waals surface area contributed by atoms with Crippen molar-refractivity contribution >= 4 is 29.0 Å². The number of rotatable bonds is 5. The number of nitrogens with zero attached hydrogens (tertiary/aromatic N) is 1. The minimum absolute atomic E-state index is 0.114. The van der Waals surface area contributed by atoms with E-state index in [1.54, 1.807) is 11.3 Å². The van der Waals surface area contributed by atoms with Crippen molar-refractivity contribution in [2.24, 2.45) is 0 Å². The summed E-state index contributed by atoms with van der Waals surface area (Å²) in [6.07, 6.45) is -3.62. The Morgan fingerprint density at radius 1 is 1.36 bits per heavy atom. The number of thioether (sulfide) groups is 1. The van der Waals surface area contributed by atoms with Crippen LogP contribution in [0.2, 0.25) is 0 Å². The molecule has 0 unspecified atom stereocenters. The maximum atomic E-state index is 12.4. The van der Waals surface area contributed by atoms with Crippen LogP contribution in [-0.2, 0) is 17.5 Å². The number of pyridine rings is 1. The molecular formula is C14H13F3N2OS2. The van der Waals surface area contributed by atoms with Crippen LogP contribution >= 0.6 is 23.1 Å². The van der Waals surface area contributed by atoms with E-state index in [9.17, 15) is 18.0 Å². The first-order valence-corrected chi connectivity index (χ1v) is 8.18. The fourth-order valence-corrected chi connectivity index (χ4v) is 3.11. The van der Waals surface area contributed by atoms with Crippen LogP contribution in [0.3, 0.4) is 0 Å². The van der Waals surface area contributed by atoms with E-state index in [4.69, 9.17) is 0 Å². The number of carbonyl (C=O) groups is 1. The van der Waals surface area contributed by atoms with E-state index in [1.165, 1.54) is 6.07 Å². The molecule has 1 amide bonds. The molecule has 0 radical (unpaired) electrons. The lowest BCUT2D eigenvalue weighted by atomic mass is 10.3. The van der Waals surface area contributed by atoms with Gasteiger partial charge in [0, 0.05) is 11.1 Å². The van der Waals surface area contributed by atoms with Gasteiger partial charge in [0.15, 0.2) is 0 Å². The Morgan fingerprint density at radius 2 is 2.14 bits per heavy atom. The lowest BCUT2D eigenvalue weighted by Crippen LogP contribution is -2.24. The van der Waals surface area contributed by atoms with E-state index in [-0.39, 0.29) is 11.7 Å². The first-order valence-electron chi connectivity index (χ1n) is 6.32. The third-order valence-corrected chi connectivity index (χ3v) is 4.80. The summed E-state index contributed by atoms with van der Waals surface area (Å²) in [4.78, 5) is 16.5. The second-order valence-electron chi connectivity index (χ2n) is 4.48. The Labute approximate surface area is 134 Å². The number of hydrogen-bond acceptors (Lipinski definition) is 4. The summed E-state index contributed by atoms with van der Waals surface area (Å²) < 4.78 is 37.2. The van der Waals surface area contributed by atoms with Gasteiger partial charge in [-0.15, -0.1) is 11.3 Å². The molecule has 0 atom stereocenters. The Bertz CT molecular complexity index is 638. The van der Waals surface area contributed by atoms with Gasteiger partial charge in [-0.05, 0) is 36.1 Å². The van der Waals surface area contributed by atoms with Crippen LogP contribution < -0.4 is 5.32 Å². The molecule has 2 rings (SSSR count). The average Bonchev–Trinajstić information content (AvgIpc) is 2.88. The molecule has 2 aromatic rings. The van der Waals surface area contributed by atoms with E-state index in [0.29, 0.717) is 11.6 Å². The maximum absolute atomic E-state index is 12.4. The molecule has 0 aliphatic rings. The number of amides is 1. The van der Waals surface area contributed by atoms with Crippen molar-refractivity contribution < 1.29 is 18.0 Å². The first-order chi connectivity index (χ1) is 10.4. The topological polar surface area (TPSA) is 42.0 Å². The van der Waals surface area contributed by atoms with Crippen LogP contribution in [0, 0.1) is 6.92 Å². The SMILES string of the molecule is Cc1ccsc1CNC(=O)CSc1ccc(C(F)(F)F)cn1. The lowest BCUT2D eigenvalue weighted by Gasteiger charge is -2.07. The highest BCUT2D eigenvalue weighted by Crippen LogP contribution is 2.29. The molecule has 0 bridgehead atoms. The van der Waals surface area contributed by atoms with Crippen molar-refractivity contribution in [1.82, 2.24) is 10.3 Å². The zero-order chi connectivity index (χ0) is 16.2. The van der Waals surface area contributed by atoms with Gasteiger partial charge in [0.05, 0.1) is 22.9 Å². The van der Waals surface area contributed by atoms with Gasteiger partial charge in [-0.3, -0.25) is 4.79 Å². The van der Waals surface area contributed by atoms with E-state index < -0.39 is 11.7 Å². The van der Waals surface area contributed by atoms with Gasteiger partial charge < -0.3 is 5.32 Å². The van der Waals surface area contributed by atoms with Gasteiger partial charge in [-0.25, -0.2) is 4.98 Å². The summed E-state index contributed by atoms with van der Waals surface area (Å²) in [5.41, 5.74) is 0.330. The molecular weight excluding hydrogens is 333 g/mol. The van der Waals surface area contributed by atoms with Gasteiger partial charge >= 0.3 is 6.18 Å². The quantitative estimate of drug-likeness (QED) is 0.836. The van der Waals surface area contributed by atoms with Crippen molar-refractivity contribution in [2.45, 2.75) is 24.7 Å². The van der Waals surface area contributed by atoms with Crippen LogP contribution in [0.25, 0.3) is 0 Å². The third-order valence-electron chi connectivity index (χ3n) is 2.83. The van der Waals surface area contributed by atoms with E-state index in [1.807, 2.05) is 18.4 Å². The van der Waals surface area contributed by atoms with Crippen LogP contribution in [-0.4, -0.2) is 16.6 Å². The average molecular weight is 346 g/mol. The van der Waals surface area contributed by atoms with Crippen LogP contribution in [0.5, 0.6) is 0 Å². The predicted molar refractivity (Wildman–Crippen MR) is 80.9 cm³/mol. The summed E-state index contributed by atoms with van der Waals surface area (Å²) in [5.74, 6) is -0.0671. The van der Waals surface area contributed by atoms with Gasteiger partial charge in [-0.1, -0.05) is 11.8 Å². The second kappa shape index (κ2) is 7.15. The van der Waals surface area contributed by atoms with Crippen LogP contribution in [0.15, 0.2) is 34.8 Å². The summed E-state index contributed by atoms with van der Waals surface area (Å²) in [7, 11) is 0. The number of aryl methyl sites for hydroxylation is 1. The molecule has 118 valence electrons. The molecule has 8 heteroatoms. The Kier molecular flexibility index (Phi) is 5.47. The molecule has 2 aromatic heterocycles. The number of thiophene rings is 1. The highest BCUT2D eigenvalue weighted by Gasteiger charge is 2.30. The summed E-state index contributed by atoms with van der Waals surface area (Å²) >= 11 is 2.67. The number of nitrogens with one attached hydrogen (secondary N) is 1. The lowest BCUT2D eigenvalue weighted by molar-refractivity contribution is -0.137. The Hall–Kier alpha value is -1.54.